The first-order valence-electron chi connectivity index (χ1n) is 8.53. The predicted molar refractivity (Wildman–Crippen MR) is 118 cm³/mol. The molecule has 0 saturated heterocycles. The Morgan fingerprint density at radius 1 is 0.889 bits per heavy atom. The van der Waals surface area contributed by atoms with E-state index in [9.17, 15) is 9.59 Å². The molecule has 0 fully saturated rings. The Morgan fingerprint density at radius 3 is 1.70 bits per heavy atom. The van der Waals surface area contributed by atoms with Gasteiger partial charge < -0.3 is 5.73 Å². The van der Waals surface area contributed by atoms with Gasteiger partial charge in [-0.2, -0.15) is 0 Å². The van der Waals surface area contributed by atoms with Crippen molar-refractivity contribution in [2.24, 2.45) is 11.7 Å². The quantitative estimate of drug-likeness (QED) is 0.618. The summed E-state index contributed by atoms with van der Waals surface area (Å²) in [6, 6.07) is 15.6. The molecule has 0 spiro atoms. The Labute approximate surface area is 169 Å². The summed E-state index contributed by atoms with van der Waals surface area (Å²) in [5.41, 5.74) is 9.75. The highest BCUT2D eigenvalue weighted by molar-refractivity contribution is 8.15. The van der Waals surface area contributed by atoms with E-state index in [1.807, 2.05) is 48.5 Å². The fraction of sp³-hybridized carbons (Fsp3) is 0.182. The second-order valence-corrected chi connectivity index (χ2v) is 7.86. The van der Waals surface area contributed by atoms with Gasteiger partial charge in [-0.3, -0.25) is 9.59 Å². The molecule has 27 heavy (non-hydrogen) atoms. The van der Waals surface area contributed by atoms with Gasteiger partial charge in [-0.15, -0.1) is 0 Å². The first-order valence-corrected chi connectivity index (χ1v) is 10.5. The van der Waals surface area contributed by atoms with Crippen molar-refractivity contribution in [3.63, 3.8) is 0 Å². The van der Waals surface area contributed by atoms with Crippen molar-refractivity contribution in [1.29, 1.82) is 0 Å². The molecular formula is C22H23NO2S2. The fourth-order valence-electron chi connectivity index (χ4n) is 2.42. The van der Waals surface area contributed by atoms with Crippen molar-refractivity contribution in [3.8, 4) is 0 Å². The molecule has 2 rings (SSSR count). The maximum atomic E-state index is 12.5. The molecule has 0 bridgehead atoms. The van der Waals surface area contributed by atoms with Crippen LogP contribution in [0.25, 0.3) is 12.2 Å². The number of rotatable bonds is 9. The summed E-state index contributed by atoms with van der Waals surface area (Å²) in [5, 5.41) is -0.363. The standard InChI is InChI=1S/C22H23NO2S2/c1-3-16-7-5-9-18(11-16)14-26-21(24)20(13-23)22(25)27-15-19-10-6-8-17(4-2)12-19/h3-12,20H,1-2,13-15,23H2. The van der Waals surface area contributed by atoms with Crippen LogP contribution in [0.3, 0.4) is 0 Å². The van der Waals surface area contributed by atoms with Gasteiger partial charge in [-0.05, 0) is 22.3 Å². The average Bonchev–Trinajstić information content (AvgIpc) is 2.71. The molecule has 2 aromatic rings. The van der Waals surface area contributed by atoms with Crippen LogP contribution in [0, 0.1) is 5.92 Å². The SMILES string of the molecule is C=Cc1cccc(CSC(=O)C(CN)C(=O)SCc2cccc(C=C)c2)c1. The van der Waals surface area contributed by atoms with Crippen LogP contribution >= 0.6 is 23.5 Å². The minimum Gasteiger partial charge on any atom is -0.329 e. The van der Waals surface area contributed by atoms with Crippen LogP contribution < -0.4 is 5.73 Å². The van der Waals surface area contributed by atoms with E-state index in [2.05, 4.69) is 13.2 Å². The van der Waals surface area contributed by atoms with Crippen molar-refractivity contribution in [2.45, 2.75) is 11.5 Å². The number of carbonyl (C=O) groups is 2. The van der Waals surface area contributed by atoms with E-state index in [0.29, 0.717) is 11.5 Å². The molecule has 0 unspecified atom stereocenters. The molecule has 0 saturated carbocycles. The van der Waals surface area contributed by atoms with E-state index in [1.165, 1.54) is 0 Å². The van der Waals surface area contributed by atoms with Crippen LogP contribution in [0.2, 0.25) is 0 Å². The van der Waals surface area contributed by atoms with Crippen LogP contribution in [-0.4, -0.2) is 16.8 Å². The van der Waals surface area contributed by atoms with Gasteiger partial charge in [-0.25, -0.2) is 0 Å². The van der Waals surface area contributed by atoms with Crippen LogP contribution in [0.1, 0.15) is 22.3 Å². The van der Waals surface area contributed by atoms with E-state index < -0.39 is 5.92 Å². The second kappa shape index (κ2) is 10.9. The summed E-state index contributed by atoms with van der Waals surface area (Å²) in [6.07, 6.45) is 3.53. The molecule has 0 aliphatic heterocycles. The lowest BCUT2D eigenvalue weighted by Crippen LogP contribution is -2.28. The summed E-state index contributed by atoms with van der Waals surface area (Å²) >= 11 is 2.27. The van der Waals surface area contributed by atoms with E-state index in [0.717, 1.165) is 45.8 Å². The Morgan fingerprint density at radius 2 is 1.33 bits per heavy atom. The van der Waals surface area contributed by atoms with Crippen molar-refractivity contribution < 1.29 is 9.59 Å². The highest BCUT2D eigenvalue weighted by Gasteiger charge is 2.25. The van der Waals surface area contributed by atoms with Gasteiger partial charge in [0, 0.05) is 18.1 Å². The smallest absolute Gasteiger partial charge is 0.201 e. The highest BCUT2D eigenvalue weighted by Crippen LogP contribution is 2.24. The van der Waals surface area contributed by atoms with Gasteiger partial charge >= 0.3 is 0 Å². The summed E-state index contributed by atoms with van der Waals surface area (Å²) in [6.45, 7) is 7.52. The summed E-state index contributed by atoms with van der Waals surface area (Å²) in [7, 11) is 0. The molecule has 140 valence electrons. The number of thioether (sulfide) groups is 2. The Hall–Kier alpha value is -2.08. The molecule has 3 nitrogen and oxygen atoms in total. The summed E-state index contributed by atoms with van der Waals surface area (Å²) in [5.74, 6) is 0.234. The first-order chi connectivity index (χ1) is 13.1. The van der Waals surface area contributed by atoms with Crippen molar-refractivity contribution in [3.05, 3.63) is 83.9 Å². The van der Waals surface area contributed by atoms with E-state index in [4.69, 9.17) is 5.73 Å². The summed E-state index contributed by atoms with van der Waals surface area (Å²) < 4.78 is 0. The van der Waals surface area contributed by atoms with E-state index in [1.54, 1.807) is 12.2 Å². The average molecular weight is 398 g/mol. The monoisotopic (exact) mass is 397 g/mol. The lowest BCUT2D eigenvalue weighted by atomic mass is 10.1. The molecular weight excluding hydrogens is 374 g/mol. The van der Waals surface area contributed by atoms with Crippen LogP contribution in [0.15, 0.2) is 61.7 Å². The number of benzene rings is 2. The normalized spacial score (nSPS) is 10.6. The maximum absolute atomic E-state index is 12.5. The second-order valence-electron chi connectivity index (χ2n) is 5.90. The third-order valence-electron chi connectivity index (χ3n) is 3.94. The van der Waals surface area contributed by atoms with Crippen molar-refractivity contribution in [1.82, 2.24) is 0 Å². The zero-order chi connectivity index (χ0) is 19.6. The lowest BCUT2D eigenvalue weighted by Gasteiger charge is -2.12. The van der Waals surface area contributed by atoms with Gasteiger partial charge in [0.05, 0.1) is 0 Å². The Kier molecular flexibility index (Phi) is 8.58. The molecule has 0 amide bonds. The zero-order valence-electron chi connectivity index (χ0n) is 15.1. The van der Waals surface area contributed by atoms with Crippen molar-refractivity contribution >= 4 is 45.9 Å². The summed E-state index contributed by atoms with van der Waals surface area (Å²) in [4.78, 5) is 24.9. The lowest BCUT2D eigenvalue weighted by molar-refractivity contribution is -0.122. The Balaban J connectivity index is 1.91. The number of hydrogen-bond donors (Lipinski definition) is 1. The number of hydrogen-bond acceptors (Lipinski definition) is 5. The Bertz CT molecular complexity index is 765. The fourth-order valence-corrected chi connectivity index (χ4v) is 4.28. The topological polar surface area (TPSA) is 60.2 Å². The number of nitrogens with two attached hydrogens (primary N) is 1. The molecule has 0 atom stereocenters. The third-order valence-corrected chi connectivity index (χ3v) is 6.03. The minimum atomic E-state index is -0.787. The van der Waals surface area contributed by atoms with Gasteiger partial charge in [0.15, 0.2) is 0 Å². The van der Waals surface area contributed by atoms with Crippen LogP contribution in [0.4, 0.5) is 0 Å². The zero-order valence-corrected chi connectivity index (χ0v) is 16.7. The van der Waals surface area contributed by atoms with E-state index in [-0.39, 0.29) is 16.8 Å². The number of carbonyl (C=O) groups excluding carboxylic acids is 2. The van der Waals surface area contributed by atoms with Crippen LogP contribution in [0.5, 0.6) is 0 Å². The molecule has 2 N–H and O–H groups in total. The van der Waals surface area contributed by atoms with Gasteiger partial charge in [-0.1, -0.05) is 97.4 Å². The molecule has 0 aromatic heterocycles. The molecule has 0 radical (unpaired) electrons. The minimum absolute atomic E-state index is 0.0249. The molecule has 0 aliphatic rings. The predicted octanol–water partition coefficient (Wildman–Crippen LogP) is 4.77. The highest BCUT2D eigenvalue weighted by atomic mass is 32.2. The van der Waals surface area contributed by atoms with Crippen molar-refractivity contribution in [2.75, 3.05) is 6.54 Å². The van der Waals surface area contributed by atoms with Gasteiger partial charge in [0.1, 0.15) is 5.92 Å². The van der Waals surface area contributed by atoms with Gasteiger partial charge in [0.25, 0.3) is 0 Å². The maximum Gasteiger partial charge on any atom is 0.201 e. The molecule has 0 heterocycles. The molecule has 5 heteroatoms. The third kappa shape index (κ3) is 6.54. The largest absolute Gasteiger partial charge is 0.329 e. The van der Waals surface area contributed by atoms with Gasteiger partial charge in [0.2, 0.25) is 10.2 Å². The molecule has 0 aliphatic carbocycles. The first kappa shape index (κ1) is 21.2. The molecule has 2 aromatic carbocycles. The van der Waals surface area contributed by atoms with Crippen LogP contribution in [-0.2, 0) is 21.1 Å². The van der Waals surface area contributed by atoms with E-state index >= 15 is 0 Å².